The normalized spacial score (nSPS) is 12.9. The number of methoxy groups -OCH3 is 2. The average Bonchev–Trinajstić information content (AvgIpc) is 2.79. The number of nitrogens with zero attached hydrogens (tertiary/aromatic N) is 1. The van der Waals surface area contributed by atoms with E-state index in [-0.39, 0.29) is 0 Å². The van der Waals surface area contributed by atoms with E-state index in [1.165, 1.54) is 0 Å². The molecule has 1 heterocycles. The number of anilines is 1. The van der Waals surface area contributed by atoms with Crippen LogP contribution in [0.1, 0.15) is 0 Å². The third-order valence-electron chi connectivity index (χ3n) is 4.75. The minimum atomic E-state index is -3.40. The summed E-state index contributed by atoms with van der Waals surface area (Å²) in [6, 6.07) is 24.3. The van der Waals surface area contributed by atoms with Gasteiger partial charge in [-0.25, -0.2) is 0 Å². The van der Waals surface area contributed by atoms with Crippen LogP contribution in [0.5, 0.6) is 11.5 Å². The molecule has 0 fully saturated rings. The van der Waals surface area contributed by atoms with Gasteiger partial charge in [-0.3, -0.25) is 9.55 Å². The average molecular weight is 404 g/mol. The zero-order valence-corrected chi connectivity index (χ0v) is 17.1. The molecule has 0 radical (unpaired) electrons. The van der Waals surface area contributed by atoms with Crippen LogP contribution in [0.15, 0.2) is 85.1 Å². The molecule has 0 aliphatic carbocycles. The molecule has 3 aromatic carbocycles. The Morgan fingerprint density at radius 3 is 2.14 bits per heavy atom. The van der Waals surface area contributed by atoms with Gasteiger partial charge in [-0.15, -0.1) is 0 Å². The fourth-order valence-electron chi connectivity index (χ4n) is 3.39. The molecule has 6 heteroatoms. The molecule has 5 nitrogen and oxygen atoms in total. The highest BCUT2D eigenvalue weighted by Crippen LogP contribution is 2.49. The van der Waals surface area contributed by atoms with Gasteiger partial charge in [0.25, 0.3) is 0 Å². The number of hydrogen-bond donors (Lipinski definition) is 1. The number of ether oxygens (including phenoxy) is 2. The van der Waals surface area contributed by atoms with Crippen molar-refractivity contribution in [1.82, 2.24) is 4.98 Å². The standard InChI is InChI=1S/C23H21N2O3P/c1-27-20-14-7-15-21(28-2)23(20)29(26,18-11-4-3-5-12-18)25-19-13-6-9-17-10-8-16-24-22(17)19/h3-16H,1-2H3,(H,25,26). The van der Waals surface area contributed by atoms with Crippen molar-refractivity contribution >= 4 is 34.5 Å². The highest BCUT2D eigenvalue weighted by molar-refractivity contribution is 7.80. The molecule has 1 aromatic heterocycles. The zero-order chi connectivity index (χ0) is 20.3. The molecule has 1 N–H and O–H groups in total. The summed E-state index contributed by atoms with van der Waals surface area (Å²) >= 11 is 0. The second-order valence-electron chi connectivity index (χ2n) is 6.45. The van der Waals surface area contributed by atoms with Crippen LogP contribution in [0, 0.1) is 0 Å². The second-order valence-corrected chi connectivity index (χ2v) is 8.85. The van der Waals surface area contributed by atoms with Crippen LogP contribution in [-0.4, -0.2) is 19.2 Å². The number of rotatable bonds is 6. The number of nitrogens with one attached hydrogen (secondary N) is 1. The lowest BCUT2D eigenvalue weighted by Gasteiger charge is -2.25. The summed E-state index contributed by atoms with van der Waals surface area (Å²) in [5.41, 5.74) is 1.43. The molecule has 0 spiro atoms. The van der Waals surface area contributed by atoms with Crippen molar-refractivity contribution in [3.8, 4) is 11.5 Å². The highest BCUT2D eigenvalue weighted by Gasteiger charge is 2.34. The van der Waals surface area contributed by atoms with Crippen LogP contribution in [0.4, 0.5) is 5.69 Å². The third-order valence-corrected chi connectivity index (χ3v) is 7.40. The van der Waals surface area contributed by atoms with E-state index in [1.54, 1.807) is 32.5 Å². The number of hydrogen-bond acceptors (Lipinski definition) is 4. The van der Waals surface area contributed by atoms with Gasteiger partial charge in [0.15, 0.2) is 0 Å². The Kier molecular flexibility index (Phi) is 5.24. The monoisotopic (exact) mass is 404 g/mol. The predicted molar refractivity (Wildman–Crippen MR) is 118 cm³/mol. The predicted octanol–water partition coefficient (Wildman–Crippen LogP) is 4.59. The lowest BCUT2D eigenvalue weighted by molar-refractivity contribution is 0.400. The zero-order valence-electron chi connectivity index (χ0n) is 16.2. The number of benzene rings is 3. The first-order valence-electron chi connectivity index (χ1n) is 9.16. The lowest BCUT2D eigenvalue weighted by atomic mass is 10.2. The molecule has 4 aromatic rings. The maximum Gasteiger partial charge on any atom is 0.234 e. The van der Waals surface area contributed by atoms with Crippen LogP contribution < -0.4 is 25.2 Å². The number of pyridine rings is 1. The van der Waals surface area contributed by atoms with E-state index in [2.05, 4.69) is 10.1 Å². The summed E-state index contributed by atoms with van der Waals surface area (Å²) < 4.78 is 25.8. The quantitative estimate of drug-likeness (QED) is 0.476. The van der Waals surface area contributed by atoms with Gasteiger partial charge in [0, 0.05) is 16.9 Å². The van der Waals surface area contributed by atoms with Gasteiger partial charge in [-0.2, -0.15) is 0 Å². The highest BCUT2D eigenvalue weighted by atomic mass is 31.2. The van der Waals surface area contributed by atoms with Crippen molar-refractivity contribution in [2.24, 2.45) is 0 Å². The van der Waals surface area contributed by atoms with Crippen molar-refractivity contribution in [1.29, 1.82) is 0 Å². The maximum absolute atomic E-state index is 14.7. The van der Waals surface area contributed by atoms with E-state index in [0.717, 1.165) is 10.9 Å². The summed E-state index contributed by atoms with van der Waals surface area (Å²) in [6.07, 6.45) is 1.73. The van der Waals surface area contributed by atoms with E-state index < -0.39 is 7.29 Å². The first kappa shape index (κ1) is 19.0. The molecular weight excluding hydrogens is 383 g/mol. The van der Waals surface area contributed by atoms with Crippen molar-refractivity contribution in [2.45, 2.75) is 0 Å². The summed E-state index contributed by atoms with van der Waals surface area (Å²) in [4.78, 5) is 4.49. The largest absolute Gasteiger partial charge is 0.496 e. The number of aromatic nitrogens is 1. The van der Waals surface area contributed by atoms with Crippen molar-refractivity contribution < 1.29 is 14.0 Å². The SMILES string of the molecule is COc1cccc(OC)c1P(=O)(Nc1cccc2cccnc12)c1ccccc1. The molecule has 0 saturated heterocycles. The van der Waals surface area contributed by atoms with Crippen molar-refractivity contribution in [2.75, 3.05) is 19.3 Å². The van der Waals surface area contributed by atoms with Crippen LogP contribution in [0.2, 0.25) is 0 Å². The topological polar surface area (TPSA) is 60.5 Å². The van der Waals surface area contributed by atoms with Crippen molar-refractivity contribution in [3.05, 3.63) is 85.1 Å². The Balaban J connectivity index is 1.98. The van der Waals surface area contributed by atoms with Gasteiger partial charge < -0.3 is 14.6 Å². The van der Waals surface area contributed by atoms with Gasteiger partial charge in [0.1, 0.15) is 16.8 Å². The first-order chi connectivity index (χ1) is 14.2. The summed E-state index contributed by atoms with van der Waals surface area (Å²) in [6.45, 7) is 0. The molecule has 146 valence electrons. The van der Waals surface area contributed by atoms with Crippen LogP contribution >= 0.6 is 7.29 Å². The lowest BCUT2D eigenvalue weighted by Crippen LogP contribution is -2.24. The van der Waals surface area contributed by atoms with Crippen LogP contribution in [0.3, 0.4) is 0 Å². The molecule has 1 unspecified atom stereocenters. The Bertz CT molecular complexity index is 1170. The van der Waals surface area contributed by atoms with Gasteiger partial charge in [-0.1, -0.05) is 42.5 Å². The molecule has 0 bridgehead atoms. The van der Waals surface area contributed by atoms with Crippen LogP contribution in [-0.2, 0) is 4.57 Å². The van der Waals surface area contributed by atoms with E-state index in [4.69, 9.17) is 9.47 Å². The van der Waals surface area contributed by atoms with E-state index in [9.17, 15) is 4.57 Å². The molecule has 1 atom stereocenters. The fourth-order valence-corrected chi connectivity index (χ4v) is 5.96. The Labute approximate surface area is 169 Å². The number of para-hydroxylation sites is 1. The van der Waals surface area contributed by atoms with E-state index in [1.807, 2.05) is 66.7 Å². The van der Waals surface area contributed by atoms with Gasteiger partial charge in [-0.05, 0) is 36.4 Å². The summed E-state index contributed by atoms with van der Waals surface area (Å²) in [5, 5.41) is 5.41. The van der Waals surface area contributed by atoms with Gasteiger partial charge in [0.05, 0.1) is 25.4 Å². The molecule has 0 aliphatic heterocycles. The van der Waals surface area contributed by atoms with Crippen LogP contribution in [0.25, 0.3) is 10.9 Å². The second kappa shape index (κ2) is 7.98. The third kappa shape index (κ3) is 3.45. The molecule has 0 saturated carbocycles. The Morgan fingerprint density at radius 2 is 1.45 bits per heavy atom. The molecule has 29 heavy (non-hydrogen) atoms. The summed E-state index contributed by atoms with van der Waals surface area (Å²) in [5.74, 6) is 0.995. The van der Waals surface area contributed by atoms with Gasteiger partial charge >= 0.3 is 0 Å². The smallest absolute Gasteiger partial charge is 0.234 e. The maximum atomic E-state index is 14.7. The first-order valence-corrected chi connectivity index (χ1v) is 10.9. The fraction of sp³-hybridized carbons (Fsp3) is 0.0870. The van der Waals surface area contributed by atoms with Crippen molar-refractivity contribution in [3.63, 3.8) is 0 Å². The van der Waals surface area contributed by atoms with E-state index >= 15 is 0 Å². The minimum absolute atomic E-state index is 0.490. The summed E-state index contributed by atoms with van der Waals surface area (Å²) in [7, 11) is -0.273. The molecule has 0 amide bonds. The minimum Gasteiger partial charge on any atom is -0.496 e. The Morgan fingerprint density at radius 1 is 0.793 bits per heavy atom. The Hall–Kier alpha value is -3.30. The molecule has 4 rings (SSSR count). The number of fused-ring (bicyclic) bond motifs is 1. The van der Waals surface area contributed by atoms with E-state index in [0.29, 0.717) is 27.8 Å². The molecule has 0 aliphatic rings. The molecular formula is C23H21N2O3P. The van der Waals surface area contributed by atoms with Gasteiger partial charge in [0.2, 0.25) is 7.29 Å².